The fourth-order valence-electron chi connectivity index (χ4n) is 3.26. The maximum Gasteiger partial charge on any atom is 0.350 e. The first-order chi connectivity index (χ1) is 10.6. The molecule has 1 aromatic heterocycles. The summed E-state index contributed by atoms with van der Waals surface area (Å²) in [6.45, 7) is 2.68. The average molecular weight is 340 g/mol. The maximum absolute atomic E-state index is 12.7. The summed E-state index contributed by atoms with van der Waals surface area (Å²) in [5, 5.41) is 5.40. The van der Waals surface area contributed by atoms with E-state index in [1.165, 1.54) is 4.68 Å². The zero-order valence-electron chi connectivity index (χ0n) is 12.1. The Labute approximate surface area is 137 Å². The fraction of sp³-hybridized carbons (Fsp3) is 0.467. The second-order valence-electron chi connectivity index (χ2n) is 5.85. The Bertz CT molecular complexity index is 825. The van der Waals surface area contributed by atoms with Gasteiger partial charge in [0.2, 0.25) is 0 Å². The van der Waals surface area contributed by atoms with E-state index < -0.39 is 0 Å². The Morgan fingerprint density at radius 3 is 2.91 bits per heavy atom. The predicted molar refractivity (Wildman–Crippen MR) is 84.6 cm³/mol. The Morgan fingerprint density at radius 1 is 1.32 bits per heavy atom. The quantitative estimate of drug-likeness (QED) is 0.802. The summed E-state index contributed by atoms with van der Waals surface area (Å²) in [7, 11) is 0. The Morgan fingerprint density at radius 2 is 2.14 bits per heavy atom. The zero-order valence-corrected chi connectivity index (χ0v) is 13.6. The highest BCUT2D eigenvalue weighted by atomic mass is 35.5. The summed E-state index contributed by atoms with van der Waals surface area (Å²) in [4.78, 5) is 12.7. The first-order valence-corrected chi connectivity index (χ1v) is 8.18. The highest BCUT2D eigenvalue weighted by Gasteiger charge is 2.30. The van der Waals surface area contributed by atoms with Crippen LogP contribution in [0.25, 0.3) is 5.69 Å². The number of ether oxygens (including phenoxy) is 1. The van der Waals surface area contributed by atoms with E-state index in [0.29, 0.717) is 34.4 Å². The molecule has 1 aromatic carbocycles. The number of benzene rings is 1. The van der Waals surface area contributed by atoms with E-state index in [9.17, 15) is 4.79 Å². The van der Waals surface area contributed by atoms with Crippen molar-refractivity contribution in [2.75, 3.05) is 0 Å². The van der Waals surface area contributed by atoms with Gasteiger partial charge in [-0.2, -0.15) is 4.68 Å². The molecule has 0 spiro atoms. The van der Waals surface area contributed by atoms with E-state index in [4.69, 9.17) is 27.9 Å². The highest BCUT2D eigenvalue weighted by Crippen LogP contribution is 2.42. The van der Waals surface area contributed by atoms with Gasteiger partial charge in [0.1, 0.15) is 17.7 Å². The Kier molecular flexibility index (Phi) is 3.24. The van der Waals surface area contributed by atoms with Crippen molar-refractivity contribution in [3.8, 4) is 11.4 Å². The molecule has 2 aliphatic rings. The number of aryl methyl sites for hydroxylation is 1. The topological polar surface area (TPSA) is 49.0 Å². The van der Waals surface area contributed by atoms with Gasteiger partial charge in [0.15, 0.2) is 0 Å². The molecule has 116 valence electrons. The minimum Gasteiger partial charge on any atom is -0.488 e. The molecular weight excluding hydrogens is 325 g/mol. The summed E-state index contributed by atoms with van der Waals surface area (Å²) < 4.78 is 8.91. The smallest absolute Gasteiger partial charge is 0.350 e. The van der Waals surface area contributed by atoms with E-state index in [-0.39, 0.29) is 11.8 Å². The van der Waals surface area contributed by atoms with Crippen LogP contribution in [0.2, 0.25) is 10.0 Å². The van der Waals surface area contributed by atoms with Gasteiger partial charge in [-0.25, -0.2) is 4.79 Å². The molecule has 7 heteroatoms. The predicted octanol–water partition coefficient (Wildman–Crippen LogP) is 3.00. The summed E-state index contributed by atoms with van der Waals surface area (Å²) in [5.41, 5.74) is 1.33. The third-order valence-corrected chi connectivity index (χ3v) is 4.82. The van der Waals surface area contributed by atoms with Crippen LogP contribution in [0.5, 0.6) is 5.75 Å². The van der Waals surface area contributed by atoms with Gasteiger partial charge < -0.3 is 4.74 Å². The number of aromatic nitrogens is 3. The summed E-state index contributed by atoms with van der Waals surface area (Å²) in [6, 6.07) is 1.63. The van der Waals surface area contributed by atoms with Crippen LogP contribution in [0.1, 0.15) is 31.2 Å². The lowest BCUT2D eigenvalue weighted by molar-refractivity contribution is 0.255. The average Bonchev–Trinajstić information content (AvgIpc) is 3.01. The molecule has 0 saturated heterocycles. The molecule has 4 rings (SSSR count). The normalized spacial score (nSPS) is 19.7. The fourth-order valence-corrected chi connectivity index (χ4v) is 3.89. The number of fused-ring (bicyclic) bond motifs is 2. The van der Waals surface area contributed by atoms with Crippen molar-refractivity contribution in [3.05, 3.63) is 38.0 Å². The lowest BCUT2D eigenvalue weighted by Crippen LogP contribution is -2.26. The molecule has 22 heavy (non-hydrogen) atoms. The number of halogens is 2. The molecule has 0 fully saturated rings. The van der Waals surface area contributed by atoms with Crippen molar-refractivity contribution >= 4 is 23.2 Å². The van der Waals surface area contributed by atoms with Crippen LogP contribution in [-0.2, 0) is 19.4 Å². The molecule has 5 nitrogen and oxygen atoms in total. The molecule has 0 amide bonds. The van der Waals surface area contributed by atoms with Crippen molar-refractivity contribution in [3.63, 3.8) is 0 Å². The van der Waals surface area contributed by atoms with Crippen LogP contribution in [0.3, 0.4) is 0 Å². The van der Waals surface area contributed by atoms with Gasteiger partial charge in [0.05, 0.1) is 15.7 Å². The van der Waals surface area contributed by atoms with Crippen LogP contribution >= 0.6 is 23.2 Å². The summed E-state index contributed by atoms with van der Waals surface area (Å²) in [5.74, 6) is 1.44. The minimum absolute atomic E-state index is 0.0117. The standard InChI is InChI=1S/C15H15Cl2N3O2/c1-8-6-9-13(10(16)7-11(17)14(9)22-8)20-15(21)19-5-3-2-4-12(19)18-20/h7-8H,2-6H2,1H3. The largest absolute Gasteiger partial charge is 0.488 e. The van der Waals surface area contributed by atoms with Crippen LogP contribution in [-0.4, -0.2) is 20.5 Å². The third kappa shape index (κ3) is 1.99. The molecule has 2 aliphatic heterocycles. The van der Waals surface area contributed by atoms with Crippen molar-refractivity contribution in [1.29, 1.82) is 0 Å². The van der Waals surface area contributed by atoms with Crippen molar-refractivity contribution in [1.82, 2.24) is 14.3 Å². The Hall–Kier alpha value is -1.46. The van der Waals surface area contributed by atoms with E-state index in [1.807, 2.05) is 6.92 Å². The van der Waals surface area contributed by atoms with Gasteiger partial charge >= 0.3 is 5.69 Å². The van der Waals surface area contributed by atoms with Crippen molar-refractivity contribution in [2.45, 2.75) is 45.3 Å². The maximum atomic E-state index is 12.7. The molecule has 0 N–H and O–H groups in total. The molecule has 1 unspecified atom stereocenters. The molecule has 1 atom stereocenters. The van der Waals surface area contributed by atoms with Gasteiger partial charge in [-0.15, -0.1) is 5.10 Å². The van der Waals surface area contributed by atoms with E-state index in [2.05, 4.69) is 5.10 Å². The lowest BCUT2D eigenvalue weighted by atomic mass is 10.1. The lowest BCUT2D eigenvalue weighted by Gasteiger charge is -2.10. The zero-order chi connectivity index (χ0) is 15.4. The van der Waals surface area contributed by atoms with Crippen molar-refractivity contribution < 1.29 is 4.74 Å². The van der Waals surface area contributed by atoms with Crippen LogP contribution in [0.15, 0.2) is 10.9 Å². The second kappa shape index (κ2) is 5.03. The van der Waals surface area contributed by atoms with Crippen LogP contribution < -0.4 is 10.4 Å². The highest BCUT2D eigenvalue weighted by molar-refractivity contribution is 6.37. The summed E-state index contributed by atoms with van der Waals surface area (Å²) >= 11 is 12.6. The molecule has 2 aromatic rings. The van der Waals surface area contributed by atoms with E-state index >= 15 is 0 Å². The number of rotatable bonds is 1. The summed E-state index contributed by atoms with van der Waals surface area (Å²) in [6.07, 6.45) is 3.56. The number of hydrogen-bond acceptors (Lipinski definition) is 3. The van der Waals surface area contributed by atoms with Gasteiger partial charge in [-0.05, 0) is 25.8 Å². The third-order valence-electron chi connectivity index (χ3n) is 4.25. The van der Waals surface area contributed by atoms with Gasteiger partial charge in [0.25, 0.3) is 0 Å². The van der Waals surface area contributed by atoms with Crippen LogP contribution in [0, 0.1) is 0 Å². The van der Waals surface area contributed by atoms with E-state index in [0.717, 1.165) is 30.7 Å². The Balaban J connectivity index is 1.97. The SMILES string of the molecule is CC1Cc2c(c(Cl)cc(Cl)c2-n2nc3n(c2=O)CCCC3)O1. The molecule has 0 radical (unpaired) electrons. The molecular formula is C15H15Cl2N3O2. The first-order valence-electron chi connectivity index (χ1n) is 7.43. The van der Waals surface area contributed by atoms with Gasteiger partial charge in [0, 0.05) is 24.9 Å². The first kappa shape index (κ1) is 14.2. The number of nitrogens with zero attached hydrogens (tertiary/aromatic N) is 3. The second-order valence-corrected chi connectivity index (χ2v) is 6.66. The van der Waals surface area contributed by atoms with Gasteiger partial charge in [-0.3, -0.25) is 4.57 Å². The molecule has 0 saturated carbocycles. The molecule has 0 aliphatic carbocycles. The van der Waals surface area contributed by atoms with Crippen LogP contribution in [0.4, 0.5) is 0 Å². The van der Waals surface area contributed by atoms with Crippen molar-refractivity contribution in [2.24, 2.45) is 0 Å². The minimum atomic E-state index is -0.138. The molecule has 0 bridgehead atoms. The van der Waals surface area contributed by atoms with Gasteiger partial charge in [-0.1, -0.05) is 23.2 Å². The number of hydrogen-bond donors (Lipinski definition) is 0. The molecule has 3 heterocycles. The monoisotopic (exact) mass is 339 g/mol. The van der Waals surface area contributed by atoms with E-state index in [1.54, 1.807) is 10.6 Å².